The van der Waals surface area contributed by atoms with E-state index in [4.69, 9.17) is 25.8 Å². The molecular formula is C17H22N6O. The predicted octanol–water partition coefficient (Wildman–Crippen LogP) is 1.86. The van der Waals surface area contributed by atoms with Crippen LogP contribution in [0.25, 0.3) is 15.9 Å². The highest BCUT2D eigenvalue weighted by molar-refractivity contribution is 5.88. The summed E-state index contributed by atoms with van der Waals surface area (Å²) in [5, 5.41) is -0.287. The van der Waals surface area contributed by atoms with E-state index < -0.39 is 67.6 Å². The number of aromatic nitrogens is 3. The zero-order valence-corrected chi connectivity index (χ0v) is 12.6. The topological polar surface area (TPSA) is 69.5 Å². The number of hydrogen-bond donors (Lipinski definition) is 1. The van der Waals surface area contributed by atoms with Crippen LogP contribution in [0.2, 0.25) is 0 Å². The van der Waals surface area contributed by atoms with Crippen LogP contribution in [0.15, 0.2) is 12.3 Å². The number of likely N-dealkylation sites (tertiary alicyclic amines) is 1. The lowest BCUT2D eigenvalue weighted by Gasteiger charge is -2.41. The van der Waals surface area contributed by atoms with Gasteiger partial charge in [0.05, 0.1) is 16.9 Å². The molecule has 1 amide bonds. The Balaban J connectivity index is 2.56. The van der Waals surface area contributed by atoms with Crippen molar-refractivity contribution < 1.29 is 25.4 Å². The Bertz CT molecular complexity index is 1400. The lowest BCUT2D eigenvalue weighted by molar-refractivity contribution is -0.130. The van der Waals surface area contributed by atoms with E-state index in [-0.39, 0.29) is 22.8 Å². The summed E-state index contributed by atoms with van der Waals surface area (Å²) in [7, 11) is 0.784. The highest BCUT2D eigenvalue weighted by Gasteiger charge is 2.33. The van der Waals surface area contributed by atoms with Gasteiger partial charge in [0.2, 0.25) is 0 Å². The molecule has 0 aromatic carbocycles. The summed E-state index contributed by atoms with van der Waals surface area (Å²) in [4.78, 5) is 25.3. The summed E-state index contributed by atoms with van der Waals surface area (Å²) < 4.78 is 125. The number of likely N-dealkylation sites (N-methyl/N-ethyl adjacent to an activating group) is 1. The molecule has 2 aromatic rings. The molecule has 1 saturated heterocycles. The molecule has 3 rings (SSSR count). The van der Waals surface area contributed by atoms with E-state index in [9.17, 15) is 6.17 Å². The van der Waals surface area contributed by atoms with Crippen molar-refractivity contribution in [2.75, 3.05) is 31.4 Å². The number of fused-ring (bicyclic) bond motifs is 1. The van der Waals surface area contributed by atoms with Crippen LogP contribution < -0.4 is 4.90 Å². The molecule has 7 nitrogen and oxygen atoms in total. The maximum Gasteiger partial charge on any atom is 0.302 e. The van der Waals surface area contributed by atoms with Gasteiger partial charge in [0.25, 0.3) is 6.50 Å². The maximum absolute atomic E-state index is 13.1. The van der Waals surface area contributed by atoms with E-state index in [1.165, 1.54) is 6.92 Å². The van der Waals surface area contributed by atoms with Crippen molar-refractivity contribution >= 4 is 22.8 Å². The van der Waals surface area contributed by atoms with Crippen molar-refractivity contribution in [2.24, 2.45) is 5.89 Å². The predicted molar refractivity (Wildman–Crippen MR) is 92.6 cm³/mol. The number of nitrogens with zero attached hydrogens (tertiary/aromatic N) is 5. The molecule has 0 saturated carbocycles. The number of nitrogens with one attached hydrogen (secondary N) is 1. The Morgan fingerprint density at radius 3 is 3.38 bits per heavy atom. The van der Waals surface area contributed by atoms with Crippen molar-refractivity contribution in [1.82, 2.24) is 19.9 Å². The Morgan fingerprint density at radius 2 is 2.62 bits per heavy atom. The first-order valence-corrected chi connectivity index (χ1v) is 6.61. The number of aromatic amines is 1. The van der Waals surface area contributed by atoms with Crippen LogP contribution in [0.4, 0.5) is 5.82 Å². The molecule has 1 fully saturated rings. The summed E-state index contributed by atoms with van der Waals surface area (Å²) in [6.45, 7) is -7.46. The summed E-state index contributed by atoms with van der Waals surface area (Å²) in [5.41, 5.74) is -0.0219. The summed E-state index contributed by atoms with van der Waals surface area (Å²) >= 11 is 0. The van der Waals surface area contributed by atoms with Crippen molar-refractivity contribution in [3.05, 3.63) is 29.5 Å². The van der Waals surface area contributed by atoms with Crippen LogP contribution in [0.1, 0.15) is 39.5 Å². The van der Waals surface area contributed by atoms with Gasteiger partial charge in [-0.15, -0.1) is 0 Å². The van der Waals surface area contributed by atoms with Crippen LogP contribution in [0.5, 0.6) is 0 Å². The number of carbonyl (C=O) groups excluding carboxylic acids is 1. The minimum Gasteiger partial charge on any atom is -0.354 e. The molecule has 0 radical (unpaired) electrons. The van der Waals surface area contributed by atoms with Crippen molar-refractivity contribution in [3.63, 3.8) is 0 Å². The molecule has 1 aliphatic rings. The molecule has 24 heavy (non-hydrogen) atoms. The molecule has 1 N–H and O–H groups in total. The molecule has 2 aromatic heterocycles. The van der Waals surface area contributed by atoms with Crippen molar-refractivity contribution in [1.29, 1.82) is 0 Å². The number of piperidine rings is 1. The van der Waals surface area contributed by atoms with Gasteiger partial charge in [-0.25, -0.2) is 16.5 Å². The van der Waals surface area contributed by atoms with Crippen LogP contribution in [0, 0.1) is 19.4 Å². The second-order valence-electron chi connectivity index (χ2n) is 4.74. The molecular weight excluding hydrogens is 304 g/mol. The molecule has 126 valence electrons. The fraction of sp³-hybridized carbons (Fsp3) is 0.529. The third kappa shape index (κ3) is 2.92. The van der Waals surface area contributed by atoms with E-state index in [1.807, 2.05) is 0 Å². The van der Waals surface area contributed by atoms with Gasteiger partial charge >= 0.3 is 5.91 Å². The van der Waals surface area contributed by atoms with Gasteiger partial charge in [-0.1, -0.05) is 6.85 Å². The average molecular weight is 341 g/mol. The van der Waals surface area contributed by atoms with Crippen LogP contribution in [0.3, 0.4) is 0 Å². The van der Waals surface area contributed by atoms with E-state index in [0.29, 0.717) is 4.90 Å². The van der Waals surface area contributed by atoms with Crippen LogP contribution >= 0.6 is 0 Å². The third-order valence-corrected chi connectivity index (χ3v) is 3.15. The van der Waals surface area contributed by atoms with Gasteiger partial charge in [-0.05, 0) is 25.2 Å². The van der Waals surface area contributed by atoms with E-state index >= 15 is 0 Å². The minimum absolute atomic E-state index is 0.159. The van der Waals surface area contributed by atoms with E-state index in [1.54, 1.807) is 0 Å². The Hall–Kier alpha value is -2.62. The second-order valence-corrected chi connectivity index (χ2v) is 4.74. The molecule has 0 bridgehead atoms. The molecule has 2 atom stereocenters. The number of aryl methyl sites for hydroxylation is 1. The third-order valence-electron chi connectivity index (χ3n) is 3.15. The fourth-order valence-corrected chi connectivity index (χ4v) is 2.09. The van der Waals surface area contributed by atoms with Crippen LogP contribution in [-0.4, -0.2) is 58.3 Å². The average Bonchev–Trinajstić information content (AvgIpc) is 3.07. The quantitative estimate of drug-likeness (QED) is 0.865. The largest absolute Gasteiger partial charge is 0.354 e. The second kappa shape index (κ2) is 6.48. The fourth-order valence-electron chi connectivity index (χ4n) is 2.09. The number of rotatable bonds is 3. The van der Waals surface area contributed by atoms with Gasteiger partial charge in [-0.2, -0.15) is 0 Å². The summed E-state index contributed by atoms with van der Waals surface area (Å²) in [6, 6.07) is -4.24. The number of anilines is 1. The molecule has 0 spiro atoms. The minimum atomic E-state index is -4.14. The maximum atomic E-state index is 13.1. The Morgan fingerprint density at radius 1 is 1.79 bits per heavy atom. The van der Waals surface area contributed by atoms with Gasteiger partial charge in [0, 0.05) is 36.7 Å². The lowest BCUT2D eigenvalue weighted by Crippen LogP contribution is -2.53. The molecule has 0 aliphatic carbocycles. The smallest absolute Gasteiger partial charge is 0.302 e. The molecule has 3 heterocycles. The normalized spacial score (nSPS) is 43.5. The Kier molecular flexibility index (Phi) is 1.63. The highest BCUT2D eigenvalue weighted by Crippen LogP contribution is 2.29. The Labute approximate surface area is 162 Å². The molecule has 7 heteroatoms. The number of H-pyrrole nitrogens is 1. The van der Waals surface area contributed by atoms with E-state index in [2.05, 4.69) is 19.8 Å². The van der Waals surface area contributed by atoms with Gasteiger partial charge in [-0.3, -0.25) is 4.79 Å². The first-order valence-electron chi connectivity index (χ1n) is 14.1. The lowest BCUT2D eigenvalue weighted by atomic mass is 9.92. The van der Waals surface area contributed by atoms with Gasteiger partial charge in [0.15, 0.2) is 0 Å². The number of hydrogen-bond acceptors (Lipinski definition) is 4. The first kappa shape index (κ1) is 6.03. The van der Waals surface area contributed by atoms with Gasteiger partial charge in [0.1, 0.15) is 21.9 Å². The highest BCUT2D eigenvalue weighted by atomic mass is 16.2. The van der Waals surface area contributed by atoms with Crippen molar-refractivity contribution in [2.45, 2.75) is 26.2 Å². The van der Waals surface area contributed by atoms with Gasteiger partial charge < -0.3 is 19.6 Å². The summed E-state index contributed by atoms with van der Waals surface area (Å²) in [6.07, 6.45) is -4.92. The van der Waals surface area contributed by atoms with Crippen LogP contribution in [-0.2, 0) is 4.79 Å². The standard InChI is InChI=1S/C17H22N6O/c1-11-5-6-23(15(24)8-18-3)9-14(11)22(4)17-13-7-12(2)21-16(13)19-10-20-17/h7,10-11,14H,5-6,8-9H2,1-2,4H3,(H,19,20,21)/t11-,14+/m1/s1/i1D3,5D2,6D2,7D,8D2,9D2,10D,11D,14D. The monoisotopic (exact) mass is 341 g/mol. The first-order chi connectivity index (χ1) is 17.3. The van der Waals surface area contributed by atoms with Crippen molar-refractivity contribution in [3.8, 4) is 0 Å². The molecule has 0 unspecified atom stereocenters. The zero-order valence-electron chi connectivity index (χ0n) is 27.6. The number of carbonyl (C=O) groups is 1. The zero-order chi connectivity index (χ0) is 30.5. The number of amides is 1. The SMILES string of the molecule is [2H]c1nc(N(C)[C@@]2([2H])C([2H])([2H])N(C(=O)C([2H])([2H])[N+]#[C-])C([2H])([2H])C([2H])([2H])[C@@]2([2H])C([2H])([2H])[2H])c2c([2H])c(C)[nH]c2n1. The van der Waals surface area contributed by atoms with E-state index in [0.717, 1.165) is 7.05 Å². The summed E-state index contributed by atoms with van der Waals surface area (Å²) in [5.74, 6) is -7.07. The molecule has 1 aliphatic heterocycles.